The molecule has 124 valence electrons. The molecule has 2 aromatic carbocycles. The summed E-state index contributed by atoms with van der Waals surface area (Å²) in [6, 6.07) is 12.9. The van der Waals surface area contributed by atoms with Crippen LogP contribution in [0.25, 0.3) is 17.3 Å². The first kappa shape index (κ1) is 16.5. The van der Waals surface area contributed by atoms with E-state index >= 15 is 0 Å². The Hall–Kier alpha value is -1.92. The summed E-state index contributed by atoms with van der Waals surface area (Å²) < 4.78 is 2.06. The summed E-state index contributed by atoms with van der Waals surface area (Å²) in [6.45, 7) is 0. The fraction of sp³-hybridized carbons (Fsp3) is 0. The van der Waals surface area contributed by atoms with E-state index in [-0.39, 0.29) is 5.88 Å². The lowest BCUT2D eigenvalue weighted by Crippen LogP contribution is -1.93. The predicted octanol–water partition coefficient (Wildman–Crippen LogP) is 6.54. The molecule has 0 aliphatic carbocycles. The van der Waals surface area contributed by atoms with Gasteiger partial charge in [-0.3, -0.25) is 9.56 Å². The molecular formula is C18H10Cl2N2OS2. The van der Waals surface area contributed by atoms with Crippen LogP contribution in [0, 0.1) is 3.95 Å². The predicted molar refractivity (Wildman–Crippen MR) is 109 cm³/mol. The summed E-state index contributed by atoms with van der Waals surface area (Å²) in [4.78, 5) is 5.03. The monoisotopic (exact) mass is 404 g/mol. The Balaban J connectivity index is 1.83. The van der Waals surface area contributed by atoms with E-state index < -0.39 is 0 Å². The van der Waals surface area contributed by atoms with E-state index in [1.807, 2.05) is 30.3 Å². The summed E-state index contributed by atoms with van der Waals surface area (Å²) in [7, 11) is 0. The normalized spacial score (nSPS) is 14.2. The van der Waals surface area contributed by atoms with Gasteiger partial charge in [-0.1, -0.05) is 41.4 Å². The Morgan fingerprint density at radius 2 is 1.84 bits per heavy atom. The number of allylic oxidation sites excluding steroid dienone is 1. The maximum Gasteiger partial charge on any atom is 0.215 e. The Morgan fingerprint density at radius 1 is 1.12 bits per heavy atom. The summed E-state index contributed by atoms with van der Waals surface area (Å²) in [5, 5.41) is 11.6. The fourth-order valence-corrected chi connectivity index (χ4v) is 4.48. The maximum atomic E-state index is 10.7. The lowest BCUT2D eigenvalue weighted by Gasteiger charge is -2.06. The standard InChI is InChI=1S/C18H10Cl2N2OS2/c19-11-6-12(20)8-13(7-11)22-17(23)16(25-18(22)24)5-10-9-21-15-4-2-1-3-14(10)15/h1-9,23H/b10-5+. The van der Waals surface area contributed by atoms with Crippen LogP contribution in [0.3, 0.4) is 0 Å². The molecule has 2 heterocycles. The van der Waals surface area contributed by atoms with Crippen LogP contribution in [0.4, 0.5) is 5.69 Å². The highest BCUT2D eigenvalue weighted by atomic mass is 35.5. The molecule has 1 aliphatic rings. The number of nitrogens with zero attached hydrogens (tertiary/aromatic N) is 2. The van der Waals surface area contributed by atoms with E-state index in [9.17, 15) is 5.11 Å². The third-order valence-corrected chi connectivity index (χ3v) is 5.51. The molecule has 0 saturated carbocycles. The molecule has 1 aliphatic heterocycles. The minimum Gasteiger partial charge on any atom is -0.493 e. The molecule has 0 radical (unpaired) electrons. The maximum absolute atomic E-state index is 10.7. The molecule has 0 unspecified atom stereocenters. The first-order chi connectivity index (χ1) is 12.0. The molecule has 3 aromatic rings. The molecule has 7 heteroatoms. The van der Waals surface area contributed by atoms with Crippen LogP contribution in [0.15, 0.2) is 47.5 Å². The van der Waals surface area contributed by atoms with Crippen LogP contribution in [-0.4, -0.2) is 15.9 Å². The van der Waals surface area contributed by atoms with Gasteiger partial charge >= 0.3 is 0 Å². The lowest BCUT2D eigenvalue weighted by atomic mass is 10.1. The average molecular weight is 405 g/mol. The zero-order valence-electron chi connectivity index (χ0n) is 12.6. The number of benzene rings is 2. The first-order valence-corrected chi connectivity index (χ1v) is 9.27. The molecular weight excluding hydrogens is 395 g/mol. The van der Waals surface area contributed by atoms with Gasteiger partial charge in [0.1, 0.15) is 0 Å². The topological polar surface area (TPSA) is 37.5 Å². The largest absolute Gasteiger partial charge is 0.493 e. The van der Waals surface area contributed by atoms with Crippen molar-refractivity contribution in [2.24, 2.45) is 4.99 Å². The highest BCUT2D eigenvalue weighted by molar-refractivity contribution is 7.73. The third-order valence-electron chi connectivity index (χ3n) is 3.76. The number of aromatic hydroxyl groups is 1. The first-order valence-electron chi connectivity index (χ1n) is 7.29. The molecule has 25 heavy (non-hydrogen) atoms. The van der Waals surface area contributed by atoms with Crippen molar-refractivity contribution in [3.63, 3.8) is 0 Å². The minimum absolute atomic E-state index is 0.0543. The molecule has 0 atom stereocenters. The average Bonchev–Trinajstić information content (AvgIpc) is 3.08. The van der Waals surface area contributed by atoms with Gasteiger partial charge in [0.2, 0.25) is 5.88 Å². The third kappa shape index (κ3) is 3.04. The van der Waals surface area contributed by atoms with Gasteiger partial charge in [0.15, 0.2) is 3.95 Å². The van der Waals surface area contributed by atoms with Crippen molar-refractivity contribution in [3.05, 3.63) is 66.9 Å². The van der Waals surface area contributed by atoms with Crippen LogP contribution in [0.5, 0.6) is 5.88 Å². The zero-order chi connectivity index (χ0) is 17.6. The van der Waals surface area contributed by atoms with Gasteiger partial charge in [0.25, 0.3) is 0 Å². The van der Waals surface area contributed by atoms with Crippen molar-refractivity contribution in [1.82, 2.24) is 4.57 Å². The number of halogens is 2. The van der Waals surface area contributed by atoms with Crippen LogP contribution in [0.1, 0.15) is 10.4 Å². The van der Waals surface area contributed by atoms with Crippen molar-refractivity contribution >= 4 is 70.3 Å². The van der Waals surface area contributed by atoms with Gasteiger partial charge in [-0.15, -0.1) is 11.3 Å². The fourth-order valence-electron chi connectivity index (χ4n) is 2.67. The molecule has 1 N–H and O–H groups in total. The van der Waals surface area contributed by atoms with Crippen LogP contribution in [0.2, 0.25) is 10.0 Å². The summed E-state index contributed by atoms with van der Waals surface area (Å²) in [5.41, 5.74) is 3.50. The molecule has 0 spiro atoms. The number of aromatic nitrogens is 1. The molecule has 0 bridgehead atoms. The van der Waals surface area contributed by atoms with E-state index in [1.54, 1.807) is 29.0 Å². The van der Waals surface area contributed by atoms with E-state index in [4.69, 9.17) is 35.4 Å². The Kier molecular flexibility index (Phi) is 4.25. The van der Waals surface area contributed by atoms with Crippen molar-refractivity contribution in [2.75, 3.05) is 0 Å². The molecule has 0 saturated heterocycles. The molecule has 0 amide bonds. The SMILES string of the molecule is Oc1c(/C=C2\C=Nc3ccccc32)sc(=S)n1-c1cc(Cl)cc(Cl)c1. The summed E-state index contributed by atoms with van der Waals surface area (Å²) in [5.74, 6) is 0.0543. The van der Waals surface area contributed by atoms with Crippen molar-refractivity contribution in [3.8, 4) is 11.6 Å². The molecule has 4 rings (SSSR count). The van der Waals surface area contributed by atoms with Gasteiger partial charge in [-0.05, 0) is 42.6 Å². The molecule has 1 aromatic heterocycles. The van der Waals surface area contributed by atoms with Crippen LogP contribution in [-0.2, 0) is 0 Å². The van der Waals surface area contributed by atoms with Crippen molar-refractivity contribution in [1.29, 1.82) is 0 Å². The smallest absolute Gasteiger partial charge is 0.215 e. The number of fused-ring (bicyclic) bond motifs is 1. The number of thiazole rings is 1. The van der Waals surface area contributed by atoms with Crippen LogP contribution >= 0.6 is 46.8 Å². The second-order valence-electron chi connectivity index (χ2n) is 5.39. The Morgan fingerprint density at radius 3 is 2.60 bits per heavy atom. The van der Waals surface area contributed by atoms with Gasteiger partial charge in [-0.2, -0.15) is 0 Å². The van der Waals surface area contributed by atoms with Crippen molar-refractivity contribution < 1.29 is 5.11 Å². The zero-order valence-corrected chi connectivity index (χ0v) is 15.8. The second-order valence-corrected chi connectivity index (χ2v) is 7.94. The second kappa shape index (κ2) is 6.42. The van der Waals surface area contributed by atoms with E-state index in [0.717, 1.165) is 16.8 Å². The summed E-state index contributed by atoms with van der Waals surface area (Å²) in [6.07, 6.45) is 3.67. The van der Waals surface area contributed by atoms with E-state index in [1.165, 1.54) is 11.3 Å². The molecule has 3 nitrogen and oxygen atoms in total. The van der Waals surface area contributed by atoms with Gasteiger partial charge < -0.3 is 5.11 Å². The molecule has 0 fully saturated rings. The minimum atomic E-state index is 0.0543. The van der Waals surface area contributed by atoms with Crippen molar-refractivity contribution in [2.45, 2.75) is 0 Å². The number of para-hydroxylation sites is 1. The highest BCUT2D eigenvalue weighted by Crippen LogP contribution is 2.37. The quantitative estimate of drug-likeness (QED) is 0.492. The number of hydrogen-bond acceptors (Lipinski definition) is 4. The number of aliphatic imine (C=N–C) groups is 1. The Labute approximate surface area is 163 Å². The van der Waals surface area contributed by atoms with Gasteiger partial charge in [0, 0.05) is 27.4 Å². The van der Waals surface area contributed by atoms with E-state index in [2.05, 4.69) is 4.99 Å². The van der Waals surface area contributed by atoms with Crippen LogP contribution < -0.4 is 0 Å². The van der Waals surface area contributed by atoms with Gasteiger partial charge in [-0.25, -0.2) is 0 Å². The van der Waals surface area contributed by atoms with E-state index in [0.29, 0.717) is 24.6 Å². The number of rotatable bonds is 2. The summed E-state index contributed by atoms with van der Waals surface area (Å²) >= 11 is 18.9. The van der Waals surface area contributed by atoms with Gasteiger partial charge in [0.05, 0.1) is 16.3 Å². The highest BCUT2D eigenvalue weighted by Gasteiger charge is 2.16. The lowest BCUT2D eigenvalue weighted by molar-refractivity contribution is 0.441. The number of hydrogen-bond donors (Lipinski definition) is 1. The Bertz CT molecular complexity index is 1090.